The maximum absolute atomic E-state index is 4.87. The van der Waals surface area contributed by atoms with Crippen molar-refractivity contribution >= 4 is 32.3 Å². The van der Waals surface area contributed by atoms with E-state index in [0.29, 0.717) is 23.3 Å². The van der Waals surface area contributed by atoms with Gasteiger partial charge in [0.05, 0.1) is 0 Å². The first-order valence-electron chi connectivity index (χ1n) is 13.7. The van der Waals surface area contributed by atoms with E-state index in [1.54, 1.807) is 12.7 Å². The highest BCUT2D eigenvalue weighted by Gasteiger charge is 2.15. The molecule has 0 amide bonds. The summed E-state index contributed by atoms with van der Waals surface area (Å²) in [6, 6.07) is 41.3. The summed E-state index contributed by atoms with van der Waals surface area (Å²) < 4.78 is 0. The van der Waals surface area contributed by atoms with Gasteiger partial charge < -0.3 is 0 Å². The van der Waals surface area contributed by atoms with Crippen molar-refractivity contribution in [3.05, 3.63) is 134 Å². The van der Waals surface area contributed by atoms with Gasteiger partial charge in [-0.1, -0.05) is 109 Å². The molecule has 0 aliphatic rings. The molecule has 0 radical (unpaired) electrons. The monoisotopic (exact) mass is 538 g/mol. The van der Waals surface area contributed by atoms with Crippen molar-refractivity contribution in [2.24, 2.45) is 0 Å². The average molecular weight is 539 g/mol. The molecule has 0 aliphatic heterocycles. The number of rotatable bonds is 4. The van der Waals surface area contributed by atoms with E-state index in [0.717, 1.165) is 49.2 Å². The lowest BCUT2D eigenvalue weighted by atomic mass is 9.92. The lowest BCUT2D eigenvalue weighted by Gasteiger charge is -2.13. The van der Waals surface area contributed by atoms with Crippen LogP contribution >= 0.6 is 0 Å². The van der Waals surface area contributed by atoms with Gasteiger partial charge in [-0.15, -0.1) is 0 Å². The van der Waals surface area contributed by atoms with Gasteiger partial charge >= 0.3 is 0 Å². The van der Waals surface area contributed by atoms with E-state index in [-0.39, 0.29) is 0 Å². The van der Waals surface area contributed by atoms with Crippen molar-refractivity contribution in [2.75, 3.05) is 0 Å². The van der Waals surface area contributed by atoms with E-state index in [2.05, 4.69) is 80.6 Å². The quantitative estimate of drug-likeness (QED) is 0.210. The summed E-state index contributed by atoms with van der Waals surface area (Å²) in [4.78, 5) is 27.5. The highest BCUT2D eigenvalue weighted by molar-refractivity contribution is 6.23. The third kappa shape index (κ3) is 4.14. The molecule has 0 fully saturated rings. The summed E-state index contributed by atoms with van der Waals surface area (Å²) >= 11 is 0. The molecule has 0 saturated heterocycles. The molecule has 0 saturated carbocycles. The molecule has 0 unspecified atom stereocenters. The Morgan fingerprint density at radius 2 is 0.905 bits per heavy atom. The topological polar surface area (TPSA) is 77.3 Å². The Bertz CT molecular complexity index is 2250. The number of fused-ring (bicyclic) bond motifs is 5. The molecule has 2 aromatic heterocycles. The molecule has 0 aliphatic carbocycles. The molecular formula is C36H22N6. The number of aromatic nitrogens is 6. The number of nitrogens with zero attached hydrogens (tertiary/aromatic N) is 6. The molecule has 2 heterocycles. The van der Waals surface area contributed by atoms with Crippen molar-refractivity contribution in [1.82, 2.24) is 29.9 Å². The van der Waals surface area contributed by atoms with Gasteiger partial charge in [0.25, 0.3) is 0 Å². The molecule has 42 heavy (non-hydrogen) atoms. The van der Waals surface area contributed by atoms with Crippen LogP contribution in [0.5, 0.6) is 0 Å². The first-order chi connectivity index (χ1) is 20.8. The maximum atomic E-state index is 4.87. The van der Waals surface area contributed by atoms with Gasteiger partial charge in [0.1, 0.15) is 12.7 Å². The normalized spacial score (nSPS) is 11.3. The maximum Gasteiger partial charge on any atom is 0.164 e. The first-order valence-corrected chi connectivity index (χ1v) is 13.7. The zero-order valence-electron chi connectivity index (χ0n) is 22.4. The molecule has 8 aromatic rings. The van der Waals surface area contributed by atoms with Crippen LogP contribution in [0.25, 0.3) is 77.9 Å². The van der Waals surface area contributed by atoms with E-state index in [1.807, 2.05) is 60.7 Å². The smallest absolute Gasteiger partial charge is 0.164 e. The van der Waals surface area contributed by atoms with Crippen molar-refractivity contribution in [3.63, 3.8) is 0 Å². The van der Waals surface area contributed by atoms with Crippen LogP contribution in [-0.2, 0) is 0 Å². The van der Waals surface area contributed by atoms with Gasteiger partial charge in [0.15, 0.2) is 23.3 Å². The van der Waals surface area contributed by atoms with Crippen molar-refractivity contribution in [2.45, 2.75) is 0 Å². The van der Waals surface area contributed by atoms with Crippen molar-refractivity contribution in [3.8, 4) is 45.6 Å². The predicted molar refractivity (Wildman–Crippen MR) is 167 cm³/mol. The fourth-order valence-electron chi connectivity index (χ4n) is 5.57. The zero-order chi connectivity index (χ0) is 27.9. The van der Waals surface area contributed by atoms with Gasteiger partial charge in [-0.3, -0.25) is 0 Å². The Morgan fingerprint density at radius 3 is 1.60 bits per heavy atom. The zero-order valence-corrected chi connectivity index (χ0v) is 22.4. The van der Waals surface area contributed by atoms with Gasteiger partial charge in [-0.05, 0) is 44.5 Å². The van der Waals surface area contributed by atoms with E-state index < -0.39 is 0 Å². The Hall–Kier alpha value is -5.88. The van der Waals surface area contributed by atoms with Gasteiger partial charge in [0, 0.05) is 22.3 Å². The van der Waals surface area contributed by atoms with Crippen LogP contribution in [0.2, 0.25) is 0 Å². The first kappa shape index (κ1) is 24.0. The SMILES string of the molecule is c1ccc(-c2ncnc(-c3ccc4c(ccc5cc(-c6ncnc(-c7ccccc7)n6)c6ccccc6c54)c3)n2)cc1. The Kier molecular flexibility index (Phi) is 5.67. The second-order valence-electron chi connectivity index (χ2n) is 10.1. The van der Waals surface area contributed by atoms with E-state index >= 15 is 0 Å². The predicted octanol–water partition coefficient (Wildman–Crippen LogP) is 8.18. The molecule has 0 bridgehead atoms. The minimum atomic E-state index is 0.648. The molecule has 196 valence electrons. The van der Waals surface area contributed by atoms with Crippen LogP contribution in [0.15, 0.2) is 134 Å². The Labute approximate surface area is 241 Å². The lowest BCUT2D eigenvalue weighted by molar-refractivity contribution is 1.07. The number of hydrogen-bond donors (Lipinski definition) is 0. The molecule has 0 spiro atoms. The van der Waals surface area contributed by atoms with Crippen molar-refractivity contribution < 1.29 is 0 Å². The Balaban J connectivity index is 1.28. The Morgan fingerprint density at radius 1 is 0.357 bits per heavy atom. The van der Waals surface area contributed by atoms with Crippen molar-refractivity contribution in [1.29, 1.82) is 0 Å². The molecule has 0 N–H and O–H groups in total. The summed E-state index contributed by atoms with van der Waals surface area (Å²) in [5.74, 6) is 2.62. The summed E-state index contributed by atoms with van der Waals surface area (Å²) in [6.07, 6.45) is 3.17. The minimum Gasteiger partial charge on any atom is -0.217 e. The lowest BCUT2D eigenvalue weighted by Crippen LogP contribution is -1.96. The van der Waals surface area contributed by atoms with Crippen LogP contribution < -0.4 is 0 Å². The summed E-state index contributed by atoms with van der Waals surface area (Å²) in [5.41, 5.74) is 3.85. The summed E-state index contributed by atoms with van der Waals surface area (Å²) in [7, 11) is 0. The highest BCUT2D eigenvalue weighted by Crippen LogP contribution is 2.38. The fraction of sp³-hybridized carbons (Fsp3) is 0. The van der Waals surface area contributed by atoms with Crippen LogP contribution in [0.1, 0.15) is 0 Å². The molecule has 6 heteroatoms. The highest BCUT2D eigenvalue weighted by atomic mass is 15.0. The molecule has 8 rings (SSSR count). The molecule has 6 aromatic carbocycles. The van der Waals surface area contributed by atoms with Gasteiger partial charge in [-0.2, -0.15) is 0 Å². The third-order valence-corrected chi connectivity index (χ3v) is 7.55. The second-order valence-corrected chi connectivity index (χ2v) is 10.1. The molecule has 6 nitrogen and oxygen atoms in total. The third-order valence-electron chi connectivity index (χ3n) is 7.55. The summed E-state index contributed by atoms with van der Waals surface area (Å²) in [5, 5.41) is 6.84. The van der Waals surface area contributed by atoms with Crippen LogP contribution in [0.4, 0.5) is 0 Å². The largest absolute Gasteiger partial charge is 0.217 e. The van der Waals surface area contributed by atoms with Gasteiger partial charge in [-0.25, -0.2) is 29.9 Å². The number of hydrogen-bond acceptors (Lipinski definition) is 6. The standard InChI is InChI=1S/C36H22N6/c1-3-9-23(10-4-1)33-37-21-39-35(41-33)27-17-18-28-25(19-27)15-16-26-20-31(29-13-7-8-14-30(29)32(26)28)36-40-22-38-34(42-36)24-11-5-2-6-12-24/h1-22H. The van der Waals surface area contributed by atoms with E-state index in [4.69, 9.17) is 9.97 Å². The second kappa shape index (κ2) is 9.94. The average Bonchev–Trinajstić information content (AvgIpc) is 3.08. The van der Waals surface area contributed by atoms with Crippen LogP contribution in [0, 0.1) is 0 Å². The fourth-order valence-corrected chi connectivity index (χ4v) is 5.57. The van der Waals surface area contributed by atoms with Gasteiger partial charge in [0.2, 0.25) is 0 Å². The molecule has 0 atom stereocenters. The van der Waals surface area contributed by atoms with E-state index in [9.17, 15) is 0 Å². The summed E-state index contributed by atoms with van der Waals surface area (Å²) in [6.45, 7) is 0. The number of benzene rings is 6. The van der Waals surface area contributed by atoms with Crippen LogP contribution in [0.3, 0.4) is 0 Å². The van der Waals surface area contributed by atoms with E-state index in [1.165, 1.54) is 5.39 Å². The molecular weight excluding hydrogens is 516 g/mol. The minimum absolute atomic E-state index is 0.648. The van der Waals surface area contributed by atoms with Crippen LogP contribution in [-0.4, -0.2) is 29.9 Å².